The van der Waals surface area contributed by atoms with Crippen LogP contribution >= 0.6 is 0 Å². The maximum Gasteiger partial charge on any atom is 0.408 e. The summed E-state index contributed by atoms with van der Waals surface area (Å²) in [6.45, 7) is 7.17. The number of aromatic nitrogens is 2. The number of ether oxygens (including phenoxy) is 1. The van der Waals surface area contributed by atoms with E-state index in [1.807, 2.05) is 49.5 Å². The second kappa shape index (κ2) is 8.34. The van der Waals surface area contributed by atoms with E-state index in [1.165, 1.54) is 0 Å². The number of aryl methyl sites for hydroxylation is 1. The predicted octanol–water partition coefficient (Wildman–Crippen LogP) is 3.95. The number of carbonyl (C=O) groups is 2. The van der Waals surface area contributed by atoms with Gasteiger partial charge >= 0.3 is 6.09 Å². The monoisotopic (exact) mass is 394 g/mol. The van der Waals surface area contributed by atoms with E-state index < -0.39 is 17.7 Å². The number of alkyl carbamates (subject to hydrolysis) is 1. The fourth-order valence-corrected chi connectivity index (χ4v) is 3.01. The number of nitrogens with one attached hydrogen (secondary N) is 3. The van der Waals surface area contributed by atoms with E-state index in [0.29, 0.717) is 12.2 Å². The van der Waals surface area contributed by atoms with E-state index in [2.05, 4.69) is 20.6 Å². The molecule has 0 radical (unpaired) electrons. The molecule has 1 aromatic carbocycles. The van der Waals surface area contributed by atoms with Gasteiger partial charge in [0.05, 0.1) is 0 Å². The first kappa shape index (κ1) is 20.4. The number of aromatic amines is 1. The van der Waals surface area contributed by atoms with E-state index in [9.17, 15) is 9.59 Å². The summed E-state index contributed by atoms with van der Waals surface area (Å²) in [5.41, 5.74) is 2.02. The molecule has 0 saturated heterocycles. The van der Waals surface area contributed by atoms with Gasteiger partial charge in [0, 0.05) is 29.2 Å². The lowest BCUT2D eigenvalue weighted by Gasteiger charge is -2.23. The van der Waals surface area contributed by atoms with Crippen molar-refractivity contribution in [2.75, 3.05) is 5.32 Å². The number of pyridine rings is 1. The second-order valence-electron chi connectivity index (χ2n) is 7.92. The average Bonchev–Trinajstić information content (AvgIpc) is 3.03. The number of benzene rings is 1. The van der Waals surface area contributed by atoms with E-state index in [1.54, 1.807) is 26.8 Å². The molecule has 0 aliphatic rings. The van der Waals surface area contributed by atoms with Gasteiger partial charge < -0.3 is 20.4 Å². The third-order valence-electron chi connectivity index (χ3n) is 4.25. The van der Waals surface area contributed by atoms with Crippen LogP contribution in [-0.2, 0) is 16.0 Å². The van der Waals surface area contributed by atoms with Gasteiger partial charge in [0.2, 0.25) is 5.91 Å². The molecule has 152 valence electrons. The van der Waals surface area contributed by atoms with Gasteiger partial charge in [-0.15, -0.1) is 0 Å². The summed E-state index contributed by atoms with van der Waals surface area (Å²) in [5.74, 6) is 0.0733. The first-order chi connectivity index (χ1) is 13.7. The van der Waals surface area contributed by atoms with Crippen LogP contribution in [0.3, 0.4) is 0 Å². The SMILES string of the molecule is Cc1cccc(NC(=O)C(Cc2c[nH]c3ccccc23)NC(=O)OC(C)(C)C)n1. The van der Waals surface area contributed by atoms with E-state index in [0.717, 1.165) is 22.2 Å². The van der Waals surface area contributed by atoms with Crippen LogP contribution in [0.25, 0.3) is 10.9 Å². The highest BCUT2D eigenvalue weighted by Crippen LogP contribution is 2.20. The first-order valence-electron chi connectivity index (χ1n) is 9.50. The van der Waals surface area contributed by atoms with Gasteiger partial charge in [-0.1, -0.05) is 24.3 Å². The Labute approximate surface area is 169 Å². The molecule has 0 bridgehead atoms. The highest BCUT2D eigenvalue weighted by Gasteiger charge is 2.26. The molecule has 3 N–H and O–H groups in total. The number of hydrogen-bond acceptors (Lipinski definition) is 4. The first-order valence-corrected chi connectivity index (χ1v) is 9.50. The molecule has 29 heavy (non-hydrogen) atoms. The van der Waals surface area contributed by atoms with Crippen molar-refractivity contribution < 1.29 is 14.3 Å². The molecule has 3 aromatic rings. The summed E-state index contributed by atoms with van der Waals surface area (Å²) in [5, 5.41) is 6.48. The Morgan fingerprint density at radius 2 is 1.90 bits per heavy atom. The summed E-state index contributed by atoms with van der Waals surface area (Å²) in [6.07, 6.45) is 1.52. The number of H-pyrrole nitrogens is 1. The molecule has 3 rings (SSSR count). The summed E-state index contributed by atoms with van der Waals surface area (Å²) in [6, 6.07) is 12.4. The molecular formula is C22H26N4O3. The number of para-hydroxylation sites is 1. The maximum absolute atomic E-state index is 13.0. The molecule has 7 heteroatoms. The predicted molar refractivity (Wildman–Crippen MR) is 113 cm³/mol. The van der Waals surface area contributed by atoms with Crippen molar-refractivity contribution in [1.29, 1.82) is 0 Å². The molecule has 1 unspecified atom stereocenters. The Morgan fingerprint density at radius 1 is 1.14 bits per heavy atom. The van der Waals surface area contributed by atoms with Gasteiger partial charge in [-0.25, -0.2) is 9.78 Å². The molecule has 0 aliphatic heterocycles. The largest absolute Gasteiger partial charge is 0.444 e. The third-order valence-corrected chi connectivity index (χ3v) is 4.25. The molecule has 2 aromatic heterocycles. The number of hydrogen-bond donors (Lipinski definition) is 3. The number of nitrogens with zero attached hydrogens (tertiary/aromatic N) is 1. The number of amides is 2. The van der Waals surface area contributed by atoms with Crippen molar-refractivity contribution in [3.8, 4) is 0 Å². The van der Waals surface area contributed by atoms with Crippen LogP contribution in [0.1, 0.15) is 32.0 Å². The summed E-state index contributed by atoms with van der Waals surface area (Å²) >= 11 is 0. The lowest BCUT2D eigenvalue weighted by Crippen LogP contribution is -2.47. The molecule has 0 spiro atoms. The Hall–Kier alpha value is -3.35. The smallest absolute Gasteiger partial charge is 0.408 e. The molecule has 2 heterocycles. The van der Waals surface area contributed by atoms with Gasteiger partial charge in [0.1, 0.15) is 17.5 Å². The number of fused-ring (bicyclic) bond motifs is 1. The Morgan fingerprint density at radius 3 is 2.62 bits per heavy atom. The van der Waals surface area contributed by atoms with Crippen molar-refractivity contribution in [2.45, 2.75) is 45.8 Å². The van der Waals surface area contributed by atoms with Gasteiger partial charge in [0.25, 0.3) is 0 Å². The van der Waals surface area contributed by atoms with Crippen LogP contribution in [0.4, 0.5) is 10.6 Å². The van der Waals surface area contributed by atoms with E-state index in [-0.39, 0.29) is 5.91 Å². The summed E-state index contributed by atoms with van der Waals surface area (Å²) < 4.78 is 5.34. The molecular weight excluding hydrogens is 368 g/mol. The molecule has 0 aliphatic carbocycles. The van der Waals surface area contributed by atoms with Gasteiger partial charge in [0.15, 0.2) is 0 Å². The van der Waals surface area contributed by atoms with Gasteiger partial charge in [-0.2, -0.15) is 0 Å². The van der Waals surface area contributed by atoms with E-state index in [4.69, 9.17) is 4.74 Å². The Kier molecular flexibility index (Phi) is 5.87. The van der Waals surface area contributed by atoms with Crippen molar-refractivity contribution >= 4 is 28.7 Å². The zero-order valence-electron chi connectivity index (χ0n) is 17.1. The van der Waals surface area contributed by atoms with Crippen molar-refractivity contribution in [1.82, 2.24) is 15.3 Å². The number of anilines is 1. The van der Waals surface area contributed by atoms with Crippen LogP contribution in [-0.4, -0.2) is 33.6 Å². The highest BCUT2D eigenvalue weighted by molar-refractivity contribution is 5.96. The highest BCUT2D eigenvalue weighted by atomic mass is 16.6. The maximum atomic E-state index is 13.0. The van der Waals surface area contributed by atoms with Gasteiger partial charge in [-0.3, -0.25) is 4.79 Å². The Bertz CT molecular complexity index is 1020. The molecule has 1 atom stereocenters. The summed E-state index contributed by atoms with van der Waals surface area (Å²) in [7, 11) is 0. The van der Waals surface area contributed by atoms with Crippen LogP contribution < -0.4 is 10.6 Å². The number of rotatable bonds is 5. The molecule has 7 nitrogen and oxygen atoms in total. The van der Waals surface area contributed by atoms with Crippen LogP contribution in [0, 0.1) is 6.92 Å². The van der Waals surface area contributed by atoms with Crippen molar-refractivity contribution in [2.24, 2.45) is 0 Å². The summed E-state index contributed by atoms with van der Waals surface area (Å²) in [4.78, 5) is 32.8. The standard InChI is InChI=1S/C22H26N4O3/c1-14-8-7-11-19(24-14)26-20(27)18(25-21(28)29-22(2,3)4)12-15-13-23-17-10-6-5-9-16(15)17/h5-11,13,18,23H,12H2,1-4H3,(H,25,28)(H,24,26,27). The van der Waals surface area contributed by atoms with Crippen molar-refractivity contribution in [3.05, 3.63) is 59.9 Å². The minimum absolute atomic E-state index is 0.306. The minimum atomic E-state index is -0.827. The zero-order chi connectivity index (χ0) is 21.0. The van der Waals surface area contributed by atoms with Crippen molar-refractivity contribution in [3.63, 3.8) is 0 Å². The van der Waals surface area contributed by atoms with E-state index >= 15 is 0 Å². The lowest BCUT2D eigenvalue weighted by atomic mass is 10.0. The minimum Gasteiger partial charge on any atom is -0.444 e. The van der Waals surface area contributed by atoms with Crippen LogP contribution in [0.5, 0.6) is 0 Å². The fourth-order valence-electron chi connectivity index (χ4n) is 3.01. The fraction of sp³-hybridized carbons (Fsp3) is 0.318. The quantitative estimate of drug-likeness (QED) is 0.611. The molecule has 0 fully saturated rings. The normalized spacial score (nSPS) is 12.4. The number of carbonyl (C=O) groups excluding carboxylic acids is 2. The topological polar surface area (TPSA) is 96.1 Å². The van der Waals surface area contributed by atoms with Crippen LogP contribution in [0.2, 0.25) is 0 Å². The van der Waals surface area contributed by atoms with Gasteiger partial charge in [-0.05, 0) is 51.5 Å². The lowest BCUT2D eigenvalue weighted by molar-refractivity contribution is -0.118. The second-order valence-corrected chi connectivity index (χ2v) is 7.92. The van der Waals surface area contributed by atoms with Crippen LogP contribution in [0.15, 0.2) is 48.7 Å². The molecule has 2 amide bonds. The third kappa shape index (κ3) is 5.57. The Balaban J connectivity index is 1.82. The molecule has 0 saturated carbocycles. The average molecular weight is 394 g/mol. The zero-order valence-corrected chi connectivity index (χ0v) is 17.1.